The number of halogens is 3. The average Bonchev–Trinajstić information content (AvgIpc) is 2.26. The summed E-state index contributed by atoms with van der Waals surface area (Å²) in [6, 6.07) is 2.56. The van der Waals surface area contributed by atoms with Gasteiger partial charge in [-0.1, -0.05) is 36.4 Å². The maximum atomic E-state index is 13.7. The maximum Gasteiger partial charge on any atom is 0.191 e. The van der Waals surface area contributed by atoms with Crippen molar-refractivity contribution in [3.05, 3.63) is 40.4 Å². The zero-order valence-corrected chi connectivity index (χ0v) is 12.7. The number of benzene rings is 1. The molecule has 0 aliphatic rings. The second-order valence-electron chi connectivity index (χ2n) is 4.72. The summed E-state index contributed by atoms with van der Waals surface area (Å²) in [5.74, 6) is -1.28. The second-order valence-corrected chi connectivity index (χ2v) is 5.84. The number of ether oxygens (including phenoxy) is 1. The predicted octanol–water partition coefficient (Wildman–Crippen LogP) is 4.00. The van der Waals surface area contributed by atoms with Gasteiger partial charge in [0.05, 0.1) is 0 Å². The van der Waals surface area contributed by atoms with Gasteiger partial charge in [0.1, 0.15) is 6.61 Å². The first-order chi connectivity index (χ1) is 8.90. The van der Waals surface area contributed by atoms with Crippen molar-refractivity contribution in [2.24, 2.45) is 5.92 Å². The first-order valence-electron chi connectivity index (χ1n) is 6.05. The highest BCUT2D eigenvalue weighted by Crippen LogP contribution is 2.24. The van der Waals surface area contributed by atoms with E-state index in [1.165, 1.54) is 12.1 Å². The molecular formula is C14H18BrF2NO. The molecule has 0 unspecified atom stereocenters. The maximum absolute atomic E-state index is 13.7. The van der Waals surface area contributed by atoms with Crippen LogP contribution in [0.3, 0.4) is 0 Å². The van der Waals surface area contributed by atoms with Gasteiger partial charge in [0, 0.05) is 11.0 Å². The molecule has 106 valence electrons. The Balaban J connectivity index is 2.70. The number of nitrogens with one attached hydrogen (secondary N) is 1. The molecule has 0 aliphatic heterocycles. The molecule has 1 rings (SSSR count). The summed E-state index contributed by atoms with van der Waals surface area (Å²) in [7, 11) is 0. The van der Waals surface area contributed by atoms with E-state index in [1.807, 2.05) is 0 Å². The molecule has 0 spiro atoms. The van der Waals surface area contributed by atoms with E-state index in [-0.39, 0.29) is 12.4 Å². The second kappa shape index (κ2) is 7.60. The molecule has 2 nitrogen and oxygen atoms in total. The lowest BCUT2D eigenvalue weighted by molar-refractivity contribution is 0.318. The van der Waals surface area contributed by atoms with Crippen molar-refractivity contribution in [1.29, 1.82) is 0 Å². The van der Waals surface area contributed by atoms with Gasteiger partial charge in [-0.05, 0) is 30.2 Å². The molecule has 0 fully saturated rings. The third-order valence-electron chi connectivity index (χ3n) is 2.31. The molecule has 1 aromatic rings. The van der Waals surface area contributed by atoms with Gasteiger partial charge in [0.15, 0.2) is 17.4 Å². The van der Waals surface area contributed by atoms with Gasteiger partial charge in [-0.15, -0.1) is 0 Å². The predicted molar refractivity (Wildman–Crippen MR) is 76.5 cm³/mol. The van der Waals surface area contributed by atoms with Crippen molar-refractivity contribution >= 4 is 15.9 Å². The highest BCUT2D eigenvalue weighted by Gasteiger charge is 2.12. The largest absolute Gasteiger partial charge is 0.482 e. The topological polar surface area (TPSA) is 21.3 Å². The molecule has 0 atom stereocenters. The van der Waals surface area contributed by atoms with Gasteiger partial charge >= 0.3 is 0 Å². The summed E-state index contributed by atoms with van der Waals surface area (Å²) in [4.78, 5) is 0. The quantitative estimate of drug-likeness (QED) is 0.814. The van der Waals surface area contributed by atoms with Crippen LogP contribution < -0.4 is 10.1 Å². The summed E-state index contributed by atoms with van der Waals surface area (Å²) in [5, 5.41) is 3.13. The Morgan fingerprint density at radius 3 is 2.42 bits per heavy atom. The smallest absolute Gasteiger partial charge is 0.191 e. The van der Waals surface area contributed by atoms with E-state index >= 15 is 0 Å². The van der Waals surface area contributed by atoms with E-state index in [9.17, 15) is 8.78 Å². The SMILES string of the molecule is C=C(Br)COc1c(F)cc(CNCC(C)C)cc1F. The fourth-order valence-electron chi connectivity index (χ4n) is 1.51. The van der Waals surface area contributed by atoms with Crippen LogP contribution >= 0.6 is 15.9 Å². The average molecular weight is 334 g/mol. The van der Waals surface area contributed by atoms with Crippen LogP contribution in [0.15, 0.2) is 23.2 Å². The van der Waals surface area contributed by atoms with Crippen molar-refractivity contribution in [1.82, 2.24) is 5.32 Å². The van der Waals surface area contributed by atoms with Crippen molar-refractivity contribution in [3.63, 3.8) is 0 Å². The van der Waals surface area contributed by atoms with Crippen LogP contribution in [0.25, 0.3) is 0 Å². The van der Waals surface area contributed by atoms with Crippen molar-refractivity contribution in [2.45, 2.75) is 20.4 Å². The van der Waals surface area contributed by atoms with Crippen LogP contribution in [0.5, 0.6) is 5.75 Å². The van der Waals surface area contributed by atoms with E-state index in [1.54, 1.807) is 0 Å². The molecule has 0 saturated heterocycles. The van der Waals surface area contributed by atoms with Gasteiger partial charge in [-0.25, -0.2) is 8.78 Å². The van der Waals surface area contributed by atoms with Crippen LogP contribution in [0.2, 0.25) is 0 Å². The molecule has 1 aromatic carbocycles. The van der Waals surface area contributed by atoms with Crippen LogP contribution in [0.1, 0.15) is 19.4 Å². The minimum Gasteiger partial charge on any atom is -0.482 e. The third-order valence-corrected chi connectivity index (χ3v) is 2.54. The van der Waals surface area contributed by atoms with E-state index < -0.39 is 11.6 Å². The molecule has 0 heterocycles. The lowest BCUT2D eigenvalue weighted by atomic mass is 10.1. The summed E-state index contributed by atoms with van der Waals surface area (Å²) >= 11 is 3.07. The molecule has 0 saturated carbocycles. The molecule has 1 N–H and O–H groups in total. The van der Waals surface area contributed by atoms with Crippen LogP contribution in [0, 0.1) is 17.6 Å². The monoisotopic (exact) mass is 333 g/mol. The van der Waals surface area contributed by atoms with E-state index in [4.69, 9.17) is 4.74 Å². The standard InChI is InChI=1S/C14H18BrF2NO/c1-9(2)6-18-7-11-4-12(16)14(13(17)5-11)19-8-10(3)15/h4-5,9,18H,3,6-8H2,1-2H3. The van der Waals surface area contributed by atoms with E-state index in [0.717, 1.165) is 6.54 Å². The molecule has 19 heavy (non-hydrogen) atoms. The zero-order valence-electron chi connectivity index (χ0n) is 11.1. The van der Waals surface area contributed by atoms with E-state index in [0.29, 0.717) is 22.5 Å². The van der Waals surface area contributed by atoms with Crippen LogP contribution in [-0.2, 0) is 6.54 Å². The third kappa shape index (κ3) is 5.70. The van der Waals surface area contributed by atoms with Crippen molar-refractivity contribution in [2.75, 3.05) is 13.2 Å². The highest BCUT2D eigenvalue weighted by atomic mass is 79.9. The molecule has 0 amide bonds. The number of rotatable bonds is 7. The van der Waals surface area contributed by atoms with Crippen LogP contribution in [0.4, 0.5) is 8.78 Å². The summed E-state index contributed by atoms with van der Waals surface area (Å²) in [5.41, 5.74) is 0.556. The first-order valence-corrected chi connectivity index (χ1v) is 6.84. The van der Waals surface area contributed by atoms with Crippen LogP contribution in [-0.4, -0.2) is 13.2 Å². The first kappa shape index (κ1) is 16.1. The highest BCUT2D eigenvalue weighted by molar-refractivity contribution is 9.11. The fraction of sp³-hybridized carbons (Fsp3) is 0.429. The Kier molecular flexibility index (Phi) is 6.45. The molecule has 0 aromatic heterocycles. The lowest BCUT2D eigenvalue weighted by Crippen LogP contribution is -2.19. The number of hydrogen-bond acceptors (Lipinski definition) is 2. The lowest BCUT2D eigenvalue weighted by Gasteiger charge is -2.11. The van der Waals surface area contributed by atoms with Gasteiger partial charge in [-0.3, -0.25) is 0 Å². The molecule has 0 radical (unpaired) electrons. The zero-order chi connectivity index (χ0) is 14.4. The van der Waals surface area contributed by atoms with Gasteiger partial charge in [-0.2, -0.15) is 0 Å². The summed E-state index contributed by atoms with van der Waals surface area (Å²) < 4.78 is 33.0. The molecule has 0 bridgehead atoms. The summed E-state index contributed by atoms with van der Waals surface area (Å²) in [6.45, 7) is 8.93. The minimum absolute atomic E-state index is 0.0266. The Hall–Kier alpha value is -0.940. The number of hydrogen-bond donors (Lipinski definition) is 1. The van der Waals surface area contributed by atoms with Gasteiger partial charge in [0.25, 0.3) is 0 Å². The fourth-order valence-corrected chi connectivity index (χ4v) is 1.62. The summed E-state index contributed by atoms with van der Waals surface area (Å²) in [6.07, 6.45) is 0. The van der Waals surface area contributed by atoms with Crippen molar-refractivity contribution in [3.8, 4) is 5.75 Å². The molecule has 0 aliphatic carbocycles. The Labute approximate surface area is 121 Å². The Morgan fingerprint density at radius 2 is 1.95 bits per heavy atom. The minimum atomic E-state index is -0.699. The molecular weight excluding hydrogens is 316 g/mol. The van der Waals surface area contributed by atoms with Gasteiger partial charge in [0.2, 0.25) is 0 Å². The van der Waals surface area contributed by atoms with Crippen molar-refractivity contribution < 1.29 is 13.5 Å². The molecule has 5 heteroatoms. The Bertz CT molecular complexity index is 426. The van der Waals surface area contributed by atoms with Gasteiger partial charge < -0.3 is 10.1 Å². The normalized spacial score (nSPS) is 10.8. The Morgan fingerprint density at radius 1 is 1.37 bits per heavy atom. The van der Waals surface area contributed by atoms with E-state index in [2.05, 4.69) is 41.7 Å².